The summed E-state index contributed by atoms with van der Waals surface area (Å²) in [6.07, 6.45) is 0. The molecule has 11 heavy (non-hydrogen) atoms. The van der Waals surface area contributed by atoms with Gasteiger partial charge in [-0.1, -0.05) is 23.7 Å². The predicted octanol–water partition coefficient (Wildman–Crippen LogP) is -1.29. The standard InChI is InChI=1S/C7H5NOS.Na.H/c9-7-5-3-1-2-4-6(5)10-8-7;;/h1-4H,(H,8,9);;/q;+1;-1. The first kappa shape index (κ1) is 9.00. The molecule has 0 radical (unpaired) electrons. The zero-order chi connectivity index (χ0) is 6.97. The van der Waals surface area contributed by atoms with Gasteiger partial charge in [0.15, 0.2) is 0 Å². The molecule has 1 N–H and O–H groups in total. The Hall–Kier alpha value is -0.0900. The van der Waals surface area contributed by atoms with Crippen LogP contribution in [0.15, 0.2) is 29.1 Å². The zero-order valence-corrected chi connectivity index (χ0v) is 8.94. The first-order valence-electron chi connectivity index (χ1n) is 2.94. The van der Waals surface area contributed by atoms with E-state index in [1.54, 1.807) is 0 Å². The van der Waals surface area contributed by atoms with Crippen molar-refractivity contribution in [3.63, 3.8) is 0 Å². The average Bonchev–Trinajstić information content (AvgIpc) is 2.34. The van der Waals surface area contributed by atoms with Crippen molar-refractivity contribution in [1.82, 2.24) is 4.37 Å². The van der Waals surface area contributed by atoms with Gasteiger partial charge < -0.3 is 1.43 Å². The summed E-state index contributed by atoms with van der Waals surface area (Å²) in [7, 11) is 0. The molecule has 0 aliphatic carbocycles. The number of rotatable bonds is 0. The first-order valence-corrected chi connectivity index (χ1v) is 3.76. The van der Waals surface area contributed by atoms with Gasteiger partial charge in [-0.2, -0.15) is 0 Å². The molecule has 0 fully saturated rings. The first-order chi connectivity index (χ1) is 4.88. The molecule has 2 rings (SSSR count). The molecule has 2 nitrogen and oxygen atoms in total. The van der Waals surface area contributed by atoms with Crippen LogP contribution in [0.3, 0.4) is 0 Å². The second kappa shape index (κ2) is 3.54. The molecule has 0 unspecified atom stereocenters. The molecule has 0 atom stereocenters. The predicted molar refractivity (Wildman–Crippen MR) is 43.6 cm³/mol. The molecule has 1 aromatic carbocycles. The van der Waals surface area contributed by atoms with Gasteiger partial charge in [0.1, 0.15) is 0 Å². The third-order valence-electron chi connectivity index (χ3n) is 1.39. The Kier molecular flexibility index (Phi) is 2.90. The van der Waals surface area contributed by atoms with Crippen LogP contribution in [0.4, 0.5) is 0 Å². The Morgan fingerprint density at radius 3 is 2.82 bits per heavy atom. The molecule has 1 aromatic heterocycles. The minimum absolute atomic E-state index is 0. The van der Waals surface area contributed by atoms with Crippen LogP contribution < -0.4 is 35.1 Å². The Morgan fingerprint density at radius 1 is 1.36 bits per heavy atom. The van der Waals surface area contributed by atoms with E-state index in [-0.39, 0.29) is 36.5 Å². The van der Waals surface area contributed by atoms with Crippen molar-refractivity contribution in [3.8, 4) is 0 Å². The van der Waals surface area contributed by atoms with Gasteiger partial charge in [0.2, 0.25) is 0 Å². The largest absolute Gasteiger partial charge is 1.00 e. The van der Waals surface area contributed by atoms with Crippen LogP contribution in [0.2, 0.25) is 0 Å². The van der Waals surface area contributed by atoms with Gasteiger partial charge in [0.05, 0.1) is 10.1 Å². The summed E-state index contributed by atoms with van der Waals surface area (Å²) in [5.74, 6) is 0. The van der Waals surface area contributed by atoms with Crippen LogP contribution in [0.5, 0.6) is 0 Å². The van der Waals surface area contributed by atoms with Crippen LogP contribution >= 0.6 is 11.5 Å². The number of nitrogens with one attached hydrogen (secondary N) is 1. The molecule has 0 aliphatic heterocycles. The van der Waals surface area contributed by atoms with Crippen LogP contribution in [-0.4, -0.2) is 4.37 Å². The number of fused-ring (bicyclic) bond motifs is 1. The summed E-state index contributed by atoms with van der Waals surface area (Å²) >= 11 is 1.38. The third kappa shape index (κ3) is 1.56. The van der Waals surface area contributed by atoms with Crippen molar-refractivity contribution >= 4 is 21.6 Å². The van der Waals surface area contributed by atoms with Gasteiger partial charge in [0.25, 0.3) is 5.56 Å². The van der Waals surface area contributed by atoms with Crippen molar-refractivity contribution in [2.75, 3.05) is 0 Å². The molecule has 0 spiro atoms. The smallest absolute Gasteiger partial charge is 1.00 e. The summed E-state index contributed by atoms with van der Waals surface area (Å²) in [5, 5.41) is 0.785. The molecule has 2 aromatic rings. The van der Waals surface area contributed by atoms with E-state index in [0.29, 0.717) is 0 Å². The number of aromatic amines is 1. The summed E-state index contributed by atoms with van der Waals surface area (Å²) in [5.41, 5.74) is 0.0144. The fourth-order valence-corrected chi connectivity index (χ4v) is 1.63. The molecule has 0 saturated carbocycles. The van der Waals surface area contributed by atoms with Crippen molar-refractivity contribution in [1.29, 1.82) is 0 Å². The summed E-state index contributed by atoms with van der Waals surface area (Å²) in [4.78, 5) is 10.9. The van der Waals surface area contributed by atoms with Gasteiger partial charge in [-0.15, -0.1) is 0 Å². The number of benzene rings is 1. The maximum Gasteiger partial charge on any atom is 1.00 e. The minimum Gasteiger partial charge on any atom is -1.00 e. The number of aromatic nitrogens is 1. The quantitative estimate of drug-likeness (QED) is 0.496. The average molecular weight is 175 g/mol. The fraction of sp³-hybridized carbons (Fsp3) is 0. The normalized spacial score (nSPS) is 9.45. The van der Waals surface area contributed by atoms with Gasteiger partial charge in [-0.3, -0.25) is 9.17 Å². The van der Waals surface area contributed by atoms with E-state index in [0.717, 1.165) is 10.1 Å². The van der Waals surface area contributed by atoms with Gasteiger partial charge >= 0.3 is 29.6 Å². The van der Waals surface area contributed by atoms with Gasteiger partial charge in [-0.05, 0) is 12.1 Å². The Labute approximate surface area is 91.2 Å². The molecule has 52 valence electrons. The monoisotopic (exact) mass is 175 g/mol. The SMILES string of the molecule is O=c1[nH]sc2ccccc12.[H-].[Na+]. The van der Waals surface area contributed by atoms with Crippen LogP contribution in [-0.2, 0) is 0 Å². The Bertz CT molecular complexity index is 411. The minimum atomic E-state index is 0. The molecule has 0 amide bonds. The van der Waals surface area contributed by atoms with Crippen molar-refractivity contribution in [2.45, 2.75) is 0 Å². The fourth-order valence-electron chi connectivity index (χ4n) is 0.900. The number of H-pyrrole nitrogens is 1. The zero-order valence-electron chi connectivity index (χ0n) is 7.13. The Balaban J connectivity index is 0.000000605. The topological polar surface area (TPSA) is 32.9 Å². The number of hydrogen-bond acceptors (Lipinski definition) is 2. The van der Waals surface area contributed by atoms with Crippen molar-refractivity contribution < 1.29 is 31.0 Å². The number of hydrogen-bond donors (Lipinski definition) is 1. The van der Waals surface area contributed by atoms with Gasteiger partial charge in [-0.25, -0.2) is 0 Å². The van der Waals surface area contributed by atoms with Crippen LogP contribution in [0.25, 0.3) is 10.1 Å². The molecule has 0 aliphatic rings. The van der Waals surface area contributed by atoms with E-state index in [2.05, 4.69) is 4.37 Å². The van der Waals surface area contributed by atoms with Crippen molar-refractivity contribution in [3.05, 3.63) is 34.6 Å². The van der Waals surface area contributed by atoms with E-state index in [4.69, 9.17) is 0 Å². The second-order valence-corrected chi connectivity index (χ2v) is 2.88. The van der Waals surface area contributed by atoms with E-state index >= 15 is 0 Å². The second-order valence-electron chi connectivity index (χ2n) is 2.03. The maximum absolute atomic E-state index is 10.9. The van der Waals surface area contributed by atoms with Crippen molar-refractivity contribution in [2.24, 2.45) is 0 Å². The van der Waals surface area contributed by atoms with Crippen LogP contribution in [0.1, 0.15) is 1.43 Å². The van der Waals surface area contributed by atoms with E-state index in [1.165, 1.54) is 11.5 Å². The summed E-state index contributed by atoms with van der Waals surface area (Å²) in [6.45, 7) is 0. The molecular weight excluding hydrogens is 169 g/mol. The third-order valence-corrected chi connectivity index (χ3v) is 2.25. The molecule has 1 heterocycles. The van der Waals surface area contributed by atoms with E-state index in [9.17, 15) is 4.79 Å². The molecular formula is C7H6NNaOS. The van der Waals surface area contributed by atoms with Crippen LogP contribution in [0, 0.1) is 0 Å². The molecule has 0 bridgehead atoms. The summed E-state index contributed by atoms with van der Waals surface area (Å²) < 4.78 is 3.68. The molecule has 4 heteroatoms. The van der Waals surface area contributed by atoms with Gasteiger partial charge in [0, 0.05) is 0 Å². The summed E-state index contributed by atoms with van der Waals surface area (Å²) in [6, 6.07) is 7.54. The maximum atomic E-state index is 10.9. The van der Waals surface area contributed by atoms with E-state index in [1.807, 2.05) is 24.3 Å². The van der Waals surface area contributed by atoms with E-state index < -0.39 is 0 Å². The Morgan fingerprint density at radius 2 is 2.09 bits per heavy atom. The molecule has 0 saturated heterocycles.